The molecule has 0 heterocycles. The fourth-order valence-electron chi connectivity index (χ4n) is 0.0962. The van der Waals surface area contributed by atoms with E-state index in [2.05, 4.69) is 0 Å². The SMILES string of the molecule is C.CCC(C)C=O. The topological polar surface area (TPSA) is 17.1 Å². The molecule has 1 nitrogen and oxygen atoms in total. The van der Waals surface area contributed by atoms with Crippen molar-refractivity contribution in [1.82, 2.24) is 0 Å². The summed E-state index contributed by atoms with van der Waals surface area (Å²) in [6.07, 6.45) is 1.93. The monoisotopic (exact) mass is 102 g/mol. The quantitative estimate of drug-likeness (QED) is 0.486. The standard InChI is InChI=1S/C5H10O.CH4/c1-3-5(2)4-6;/h4-5H,3H2,1-2H3;1H4. The van der Waals surface area contributed by atoms with Crippen LogP contribution >= 0.6 is 0 Å². The lowest BCUT2D eigenvalue weighted by Crippen LogP contribution is -1.89. The molecule has 0 aliphatic rings. The van der Waals surface area contributed by atoms with Crippen LogP contribution in [0.3, 0.4) is 0 Å². The van der Waals surface area contributed by atoms with Gasteiger partial charge in [-0.05, 0) is 6.42 Å². The third-order valence-electron chi connectivity index (χ3n) is 0.876. The average molecular weight is 102 g/mol. The molecule has 44 valence electrons. The van der Waals surface area contributed by atoms with Crippen molar-refractivity contribution in [1.29, 1.82) is 0 Å². The van der Waals surface area contributed by atoms with Gasteiger partial charge in [0.15, 0.2) is 0 Å². The predicted molar refractivity (Wildman–Crippen MR) is 32.2 cm³/mol. The van der Waals surface area contributed by atoms with Crippen LogP contribution in [0.1, 0.15) is 27.7 Å². The van der Waals surface area contributed by atoms with Crippen LogP contribution in [0.2, 0.25) is 0 Å². The van der Waals surface area contributed by atoms with Gasteiger partial charge in [-0.1, -0.05) is 21.3 Å². The second-order valence-corrected chi connectivity index (χ2v) is 1.52. The summed E-state index contributed by atoms with van der Waals surface area (Å²) >= 11 is 0. The number of aldehydes is 1. The summed E-state index contributed by atoms with van der Waals surface area (Å²) in [5.74, 6) is 0.255. The molecule has 0 spiro atoms. The highest BCUT2D eigenvalue weighted by Gasteiger charge is 1.89. The van der Waals surface area contributed by atoms with Gasteiger partial charge in [0.2, 0.25) is 0 Å². The number of hydrogen-bond acceptors (Lipinski definition) is 1. The lowest BCUT2D eigenvalue weighted by molar-refractivity contribution is -0.110. The Labute approximate surface area is 45.7 Å². The van der Waals surface area contributed by atoms with Gasteiger partial charge in [0.25, 0.3) is 0 Å². The summed E-state index contributed by atoms with van der Waals surface area (Å²) in [5.41, 5.74) is 0. The zero-order valence-electron chi connectivity index (χ0n) is 4.27. The third-order valence-corrected chi connectivity index (χ3v) is 0.876. The van der Waals surface area contributed by atoms with Gasteiger partial charge >= 0.3 is 0 Å². The second kappa shape index (κ2) is 5.67. The van der Waals surface area contributed by atoms with Crippen LogP contribution < -0.4 is 0 Å². The first kappa shape index (κ1) is 9.83. The van der Waals surface area contributed by atoms with Crippen molar-refractivity contribution in [2.45, 2.75) is 27.7 Å². The lowest BCUT2D eigenvalue weighted by Gasteiger charge is -1.89. The van der Waals surface area contributed by atoms with Gasteiger partial charge in [-0.25, -0.2) is 0 Å². The summed E-state index contributed by atoms with van der Waals surface area (Å²) in [6, 6.07) is 0. The number of carbonyl (C=O) groups is 1. The Morgan fingerprint density at radius 3 is 2.14 bits per heavy atom. The van der Waals surface area contributed by atoms with Crippen LogP contribution in [0, 0.1) is 5.92 Å². The molecule has 0 aromatic carbocycles. The van der Waals surface area contributed by atoms with E-state index in [1.54, 1.807) is 0 Å². The summed E-state index contributed by atoms with van der Waals surface area (Å²) in [4.78, 5) is 9.74. The molecular formula is C6H14O. The van der Waals surface area contributed by atoms with E-state index in [1.807, 2.05) is 13.8 Å². The summed E-state index contributed by atoms with van der Waals surface area (Å²) < 4.78 is 0. The second-order valence-electron chi connectivity index (χ2n) is 1.52. The third kappa shape index (κ3) is 5.67. The van der Waals surface area contributed by atoms with E-state index in [-0.39, 0.29) is 13.3 Å². The predicted octanol–water partition coefficient (Wildman–Crippen LogP) is 1.87. The zero-order chi connectivity index (χ0) is 4.99. The lowest BCUT2D eigenvalue weighted by atomic mass is 10.2. The first-order valence-corrected chi connectivity index (χ1v) is 2.26. The van der Waals surface area contributed by atoms with Gasteiger partial charge in [0.1, 0.15) is 6.29 Å². The van der Waals surface area contributed by atoms with Crippen molar-refractivity contribution >= 4 is 6.29 Å². The maximum absolute atomic E-state index is 9.74. The van der Waals surface area contributed by atoms with Crippen LogP contribution in [-0.4, -0.2) is 6.29 Å². The van der Waals surface area contributed by atoms with E-state index >= 15 is 0 Å². The van der Waals surface area contributed by atoms with Crippen molar-refractivity contribution in [3.63, 3.8) is 0 Å². The highest BCUT2D eigenvalue weighted by atomic mass is 16.1. The van der Waals surface area contributed by atoms with Crippen molar-refractivity contribution in [2.24, 2.45) is 5.92 Å². The first-order chi connectivity index (χ1) is 2.81. The van der Waals surface area contributed by atoms with Crippen molar-refractivity contribution in [3.05, 3.63) is 0 Å². The molecule has 0 fully saturated rings. The van der Waals surface area contributed by atoms with Crippen LogP contribution in [0.5, 0.6) is 0 Å². The van der Waals surface area contributed by atoms with Crippen LogP contribution in [0.4, 0.5) is 0 Å². The summed E-state index contributed by atoms with van der Waals surface area (Å²) in [6.45, 7) is 3.91. The molecule has 0 aliphatic carbocycles. The molecule has 0 saturated carbocycles. The Kier molecular flexibility index (Phi) is 7.96. The Bertz CT molecular complexity index is 41.4. The normalized spacial score (nSPS) is 11.7. The molecule has 1 atom stereocenters. The minimum absolute atomic E-state index is 0. The van der Waals surface area contributed by atoms with E-state index in [4.69, 9.17) is 0 Å². The van der Waals surface area contributed by atoms with Crippen LogP contribution in [-0.2, 0) is 4.79 Å². The number of carbonyl (C=O) groups excluding carboxylic acids is 1. The highest BCUT2D eigenvalue weighted by Crippen LogP contribution is 1.91. The van der Waals surface area contributed by atoms with E-state index in [1.165, 1.54) is 0 Å². The van der Waals surface area contributed by atoms with E-state index in [0.29, 0.717) is 0 Å². The fraction of sp³-hybridized carbons (Fsp3) is 0.833. The molecule has 1 unspecified atom stereocenters. The Morgan fingerprint density at radius 1 is 1.71 bits per heavy atom. The number of hydrogen-bond donors (Lipinski definition) is 0. The van der Waals surface area contributed by atoms with Gasteiger partial charge in [-0.2, -0.15) is 0 Å². The average Bonchev–Trinajstić information content (AvgIpc) is 1.65. The molecule has 0 aromatic heterocycles. The maximum Gasteiger partial charge on any atom is 0.122 e. The molecule has 7 heavy (non-hydrogen) atoms. The largest absolute Gasteiger partial charge is 0.303 e. The highest BCUT2D eigenvalue weighted by molar-refractivity contribution is 5.52. The maximum atomic E-state index is 9.74. The summed E-state index contributed by atoms with van der Waals surface area (Å²) in [7, 11) is 0. The van der Waals surface area contributed by atoms with Gasteiger partial charge in [-0.3, -0.25) is 0 Å². The fourth-order valence-corrected chi connectivity index (χ4v) is 0.0962. The van der Waals surface area contributed by atoms with E-state index < -0.39 is 0 Å². The zero-order valence-corrected chi connectivity index (χ0v) is 4.27. The van der Waals surface area contributed by atoms with Gasteiger partial charge in [-0.15, -0.1) is 0 Å². The van der Waals surface area contributed by atoms with Crippen molar-refractivity contribution in [3.8, 4) is 0 Å². The number of rotatable bonds is 2. The first-order valence-electron chi connectivity index (χ1n) is 2.26. The minimum Gasteiger partial charge on any atom is -0.303 e. The molecular weight excluding hydrogens is 88.1 g/mol. The molecule has 0 aromatic rings. The Hall–Kier alpha value is -0.330. The van der Waals surface area contributed by atoms with Gasteiger partial charge in [0.05, 0.1) is 0 Å². The molecule has 1 heteroatoms. The van der Waals surface area contributed by atoms with E-state index in [9.17, 15) is 4.79 Å². The van der Waals surface area contributed by atoms with Crippen molar-refractivity contribution in [2.75, 3.05) is 0 Å². The van der Waals surface area contributed by atoms with Crippen LogP contribution in [0.25, 0.3) is 0 Å². The molecule has 0 N–H and O–H groups in total. The molecule has 0 rings (SSSR count). The Morgan fingerprint density at radius 2 is 2.14 bits per heavy atom. The van der Waals surface area contributed by atoms with Crippen LogP contribution in [0.15, 0.2) is 0 Å². The molecule has 0 bridgehead atoms. The molecule has 0 aliphatic heterocycles. The minimum atomic E-state index is 0. The van der Waals surface area contributed by atoms with Gasteiger partial charge in [0, 0.05) is 5.92 Å². The van der Waals surface area contributed by atoms with E-state index in [0.717, 1.165) is 12.7 Å². The molecule has 0 saturated heterocycles. The van der Waals surface area contributed by atoms with Crippen molar-refractivity contribution < 1.29 is 4.79 Å². The smallest absolute Gasteiger partial charge is 0.122 e. The van der Waals surface area contributed by atoms with Gasteiger partial charge < -0.3 is 4.79 Å². The molecule has 0 radical (unpaired) electrons. The molecule has 0 amide bonds. The Balaban J connectivity index is 0. The summed E-state index contributed by atoms with van der Waals surface area (Å²) in [5, 5.41) is 0.